The second-order valence-corrected chi connectivity index (χ2v) is 10.4. The van der Waals surface area contributed by atoms with E-state index in [2.05, 4.69) is 27.9 Å². The van der Waals surface area contributed by atoms with E-state index in [4.69, 9.17) is 16.5 Å². The second-order valence-electron chi connectivity index (χ2n) is 10.4. The quantitative estimate of drug-likeness (QED) is 0.308. The number of benzene rings is 3. The molecule has 4 N–H and O–H groups in total. The molecule has 1 aliphatic rings. The van der Waals surface area contributed by atoms with Gasteiger partial charge < -0.3 is 16.4 Å². The van der Waals surface area contributed by atoms with Crippen LogP contribution < -0.4 is 21.9 Å². The fourth-order valence-electron chi connectivity index (χ4n) is 5.64. The monoisotopic (exact) mass is 552 g/mol. The normalized spacial score (nSPS) is 16.2. The predicted octanol–water partition coefficient (Wildman–Crippen LogP) is 4.65. The van der Waals surface area contributed by atoms with Crippen LogP contribution in [0.15, 0.2) is 77.6 Å². The highest BCUT2D eigenvalue weighted by Crippen LogP contribution is 2.41. The molecule has 3 heterocycles. The Hall–Kier alpha value is -5.67. The molecule has 0 amide bonds. The number of anilines is 3. The number of aryl methyl sites for hydroxylation is 1. The highest BCUT2D eigenvalue weighted by Gasteiger charge is 2.38. The number of hydrogen-bond acceptors (Lipinski definition) is 8. The van der Waals surface area contributed by atoms with Gasteiger partial charge in [-0.05, 0) is 68.7 Å². The Labute approximate surface area is 243 Å². The van der Waals surface area contributed by atoms with Gasteiger partial charge in [-0.15, -0.1) is 0 Å². The van der Waals surface area contributed by atoms with Gasteiger partial charge in [0.25, 0.3) is 5.56 Å². The molecule has 3 aromatic carbocycles. The Morgan fingerprint density at radius 3 is 2.48 bits per heavy atom. The number of nitrogens with zero attached hydrogens (tertiary/aromatic N) is 6. The average Bonchev–Trinajstić information content (AvgIpc) is 3.36. The summed E-state index contributed by atoms with van der Waals surface area (Å²) >= 11 is 0. The van der Waals surface area contributed by atoms with Gasteiger partial charge in [-0.25, -0.2) is 4.98 Å². The van der Waals surface area contributed by atoms with Gasteiger partial charge >= 0.3 is 0 Å². The third-order valence-electron chi connectivity index (χ3n) is 7.56. The minimum atomic E-state index is -0.389. The molecule has 1 aliphatic heterocycles. The van der Waals surface area contributed by atoms with Crippen molar-refractivity contribution < 1.29 is 0 Å². The Morgan fingerprint density at radius 2 is 1.71 bits per heavy atom. The predicted molar refractivity (Wildman–Crippen MR) is 164 cm³/mol. The highest BCUT2D eigenvalue weighted by molar-refractivity contribution is 5.85. The van der Waals surface area contributed by atoms with Crippen molar-refractivity contribution in [3.63, 3.8) is 0 Å². The first-order chi connectivity index (χ1) is 20.4. The van der Waals surface area contributed by atoms with E-state index in [9.17, 15) is 10.1 Å². The largest absolute Gasteiger partial charge is 0.382 e. The number of para-hydroxylation sites is 1. The van der Waals surface area contributed by atoms with Crippen molar-refractivity contribution in [1.29, 1.82) is 5.26 Å². The van der Waals surface area contributed by atoms with Crippen LogP contribution >= 0.6 is 0 Å². The molecular weight excluding hydrogens is 524 g/mol. The summed E-state index contributed by atoms with van der Waals surface area (Å²) < 4.78 is 1.65. The van der Waals surface area contributed by atoms with Crippen LogP contribution in [0.5, 0.6) is 0 Å². The van der Waals surface area contributed by atoms with Crippen molar-refractivity contribution in [3.05, 3.63) is 111 Å². The van der Waals surface area contributed by atoms with Crippen molar-refractivity contribution in [2.75, 3.05) is 16.4 Å². The number of rotatable bonds is 3. The van der Waals surface area contributed by atoms with Crippen molar-refractivity contribution in [3.8, 4) is 23.6 Å². The first-order valence-electron chi connectivity index (χ1n) is 13.7. The smallest absolute Gasteiger partial charge is 0.267 e. The van der Waals surface area contributed by atoms with E-state index in [1.165, 1.54) is 0 Å². The van der Waals surface area contributed by atoms with Gasteiger partial charge in [-0.1, -0.05) is 48.2 Å². The molecule has 0 spiro atoms. The minimum Gasteiger partial charge on any atom is -0.382 e. The zero-order valence-electron chi connectivity index (χ0n) is 23.2. The van der Waals surface area contributed by atoms with E-state index in [0.29, 0.717) is 40.2 Å². The van der Waals surface area contributed by atoms with Gasteiger partial charge in [0.15, 0.2) is 5.82 Å². The Morgan fingerprint density at radius 1 is 0.929 bits per heavy atom. The Kier molecular flexibility index (Phi) is 6.77. The zero-order valence-corrected chi connectivity index (χ0v) is 23.2. The summed E-state index contributed by atoms with van der Waals surface area (Å²) in [4.78, 5) is 30.0. The van der Waals surface area contributed by atoms with Crippen molar-refractivity contribution >= 4 is 28.5 Å². The van der Waals surface area contributed by atoms with Gasteiger partial charge in [-0.2, -0.15) is 15.2 Å². The van der Waals surface area contributed by atoms with Gasteiger partial charge in [0.1, 0.15) is 23.3 Å². The minimum absolute atomic E-state index is 0.0154. The van der Waals surface area contributed by atoms with Crippen molar-refractivity contribution in [1.82, 2.24) is 19.5 Å². The lowest BCUT2D eigenvalue weighted by atomic mass is 10.1. The molecule has 2 aromatic heterocycles. The summed E-state index contributed by atoms with van der Waals surface area (Å²) in [6.45, 7) is 4.06. The summed E-state index contributed by atoms with van der Waals surface area (Å²) in [6, 6.07) is 24.6. The SMILES string of the molecule is Cc1cccc(C#Cc2cccc3nc([C@@H]4CC[C@H](C)N4c4nc(N)nc(N)c4C#N)n(-c4ccccc4)c(=O)c23)c1. The van der Waals surface area contributed by atoms with Gasteiger partial charge in [-0.3, -0.25) is 9.36 Å². The van der Waals surface area contributed by atoms with Gasteiger partial charge in [0.2, 0.25) is 5.95 Å². The lowest BCUT2D eigenvalue weighted by Gasteiger charge is -2.31. The maximum Gasteiger partial charge on any atom is 0.267 e. The van der Waals surface area contributed by atoms with E-state index in [0.717, 1.165) is 17.5 Å². The van der Waals surface area contributed by atoms with E-state index in [1.807, 2.05) is 91.5 Å². The third-order valence-corrected chi connectivity index (χ3v) is 7.56. The van der Waals surface area contributed by atoms with Crippen LogP contribution in [-0.2, 0) is 0 Å². The molecule has 9 heteroatoms. The lowest BCUT2D eigenvalue weighted by molar-refractivity contribution is 0.615. The Bertz CT molecular complexity index is 2000. The van der Waals surface area contributed by atoms with E-state index in [-0.39, 0.29) is 35.0 Å². The Balaban J connectivity index is 1.60. The van der Waals surface area contributed by atoms with Gasteiger partial charge in [0.05, 0.1) is 22.6 Å². The average molecular weight is 553 g/mol. The third kappa shape index (κ3) is 4.67. The molecule has 5 aromatic rings. The molecule has 0 radical (unpaired) electrons. The summed E-state index contributed by atoms with van der Waals surface area (Å²) in [5.41, 5.74) is 15.8. The summed E-state index contributed by atoms with van der Waals surface area (Å²) in [6.07, 6.45) is 1.46. The molecule has 42 heavy (non-hydrogen) atoms. The maximum atomic E-state index is 14.5. The van der Waals surface area contributed by atoms with E-state index in [1.54, 1.807) is 4.57 Å². The fourth-order valence-corrected chi connectivity index (χ4v) is 5.64. The molecule has 0 saturated carbocycles. The first-order valence-corrected chi connectivity index (χ1v) is 13.7. The summed E-state index contributed by atoms with van der Waals surface area (Å²) in [7, 11) is 0. The van der Waals surface area contributed by atoms with Gasteiger partial charge in [0, 0.05) is 17.2 Å². The second kappa shape index (κ2) is 10.7. The van der Waals surface area contributed by atoms with Crippen molar-refractivity contribution in [2.24, 2.45) is 0 Å². The number of aromatic nitrogens is 4. The first kappa shape index (κ1) is 26.5. The van der Waals surface area contributed by atoms with E-state index < -0.39 is 0 Å². The van der Waals surface area contributed by atoms with Crippen LogP contribution in [0.1, 0.15) is 53.9 Å². The number of hydrogen-bond donors (Lipinski definition) is 2. The number of nitrogen functional groups attached to an aromatic ring is 2. The van der Waals surface area contributed by atoms with Crippen LogP contribution in [0.4, 0.5) is 17.6 Å². The molecule has 1 saturated heterocycles. The number of nitrogens with two attached hydrogens (primary N) is 2. The van der Waals surface area contributed by atoms with Crippen LogP contribution in [0.2, 0.25) is 0 Å². The molecule has 206 valence electrons. The zero-order chi connectivity index (χ0) is 29.4. The summed E-state index contributed by atoms with van der Waals surface area (Å²) in [5.74, 6) is 7.28. The molecule has 1 fully saturated rings. The molecule has 0 unspecified atom stereocenters. The van der Waals surface area contributed by atoms with Crippen LogP contribution in [0, 0.1) is 30.1 Å². The standard InChI is InChI=1S/C33H28N8O/c1-20-8-6-9-22(18-20)15-16-23-10-7-13-26-28(23)32(42)41(24-11-4-3-5-12-24)31(37-26)27-17-14-21(2)40(27)30-25(19-34)29(35)38-33(36)39-30/h3-13,18,21,27H,14,17H2,1-2H3,(H4,35,36,38,39)/t21-,27-/m0/s1. The maximum absolute atomic E-state index is 14.5. The van der Waals surface area contributed by atoms with E-state index >= 15 is 0 Å². The molecule has 9 nitrogen and oxygen atoms in total. The molecule has 6 rings (SSSR count). The van der Waals surface area contributed by atoms with Crippen molar-refractivity contribution in [2.45, 2.75) is 38.8 Å². The van der Waals surface area contributed by atoms with Crippen LogP contribution in [-0.4, -0.2) is 25.6 Å². The molecular formula is C33H28N8O. The topological polar surface area (TPSA) is 140 Å². The molecule has 0 bridgehead atoms. The fraction of sp³-hybridized carbons (Fsp3) is 0.182. The molecule has 2 atom stereocenters. The highest BCUT2D eigenvalue weighted by atomic mass is 16.1. The summed E-state index contributed by atoms with van der Waals surface area (Å²) in [5, 5.41) is 10.4. The molecule has 0 aliphatic carbocycles. The number of fused-ring (bicyclic) bond motifs is 1. The van der Waals surface area contributed by atoms with Crippen LogP contribution in [0.25, 0.3) is 16.6 Å². The lowest BCUT2D eigenvalue weighted by Crippen LogP contribution is -2.36. The number of nitriles is 1. The van der Waals surface area contributed by atoms with Crippen LogP contribution in [0.3, 0.4) is 0 Å².